The zero-order valence-corrected chi connectivity index (χ0v) is 18.3. The minimum Gasteiger partial charge on any atom is -0.319 e. The first-order chi connectivity index (χ1) is 14.4. The summed E-state index contributed by atoms with van der Waals surface area (Å²) in [5.74, 6) is -1.21. The monoisotopic (exact) mass is 462 g/mol. The van der Waals surface area contributed by atoms with E-state index in [4.69, 9.17) is 0 Å². The fourth-order valence-corrected chi connectivity index (χ4v) is 3.79. The van der Waals surface area contributed by atoms with Gasteiger partial charge in [0.2, 0.25) is 0 Å². The van der Waals surface area contributed by atoms with E-state index in [9.17, 15) is 14.4 Å². The van der Waals surface area contributed by atoms with Crippen LogP contribution in [0.15, 0.2) is 70.7 Å². The van der Waals surface area contributed by atoms with Crippen molar-refractivity contribution in [3.63, 3.8) is 0 Å². The normalized spacial score (nSPS) is 11.1. The molecule has 150 valence electrons. The molecule has 0 unspecified atom stereocenters. The van der Waals surface area contributed by atoms with Crippen molar-refractivity contribution in [1.29, 1.82) is 5.26 Å². The summed E-state index contributed by atoms with van der Waals surface area (Å²) in [4.78, 5) is 12.4. The number of hydrogen-bond donors (Lipinski definition) is 1. The van der Waals surface area contributed by atoms with E-state index in [1.54, 1.807) is 6.07 Å². The number of hydrogen-bond acceptors (Lipinski definition) is 2. The van der Waals surface area contributed by atoms with E-state index < -0.39 is 11.7 Å². The second kappa shape index (κ2) is 9.51. The predicted molar refractivity (Wildman–Crippen MR) is 121 cm³/mol. The van der Waals surface area contributed by atoms with Crippen molar-refractivity contribution >= 4 is 33.6 Å². The number of carbonyl (C=O) groups excluding carboxylic acids is 1. The van der Waals surface area contributed by atoms with E-state index in [1.807, 2.05) is 24.3 Å². The maximum atomic E-state index is 13.7. The van der Waals surface area contributed by atoms with Crippen molar-refractivity contribution in [1.82, 2.24) is 0 Å². The van der Waals surface area contributed by atoms with Crippen molar-refractivity contribution in [2.24, 2.45) is 0 Å². The lowest BCUT2D eigenvalue weighted by Crippen LogP contribution is -2.14. The number of nitrogens with one attached hydrogen (secondary N) is 1. The van der Waals surface area contributed by atoms with Crippen molar-refractivity contribution in [2.45, 2.75) is 20.3 Å². The molecule has 0 saturated carbocycles. The Labute approximate surface area is 184 Å². The molecular weight excluding hydrogens is 443 g/mol. The van der Waals surface area contributed by atoms with E-state index in [0.29, 0.717) is 5.56 Å². The molecule has 0 aliphatic heterocycles. The summed E-state index contributed by atoms with van der Waals surface area (Å²) in [7, 11) is 0. The van der Waals surface area contributed by atoms with Crippen LogP contribution in [0, 0.1) is 31.0 Å². The van der Waals surface area contributed by atoms with Crippen LogP contribution in [-0.2, 0) is 11.2 Å². The molecule has 0 aliphatic rings. The predicted octanol–water partition coefficient (Wildman–Crippen LogP) is 6.34. The number of amides is 1. The van der Waals surface area contributed by atoms with Crippen LogP contribution in [0.2, 0.25) is 0 Å². The number of para-hydroxylation sites is 1. The Hall–Kier alpha value is -3.23. The number of aryl methyl sites for hydroxylation is 2. The summed E-state index contributed by atoms with van der Waals surface area (Å²) < 4.78 is 14.6. The third kappa shape index (κ3) is 5.43. The molecule has 30 heavy (non-hydrogen) atoms. The quantitative estimate of drug-likeness (QED) is 0.355. The Morgan fingerprint density at radius 3 is 2.43 bits per heavy atom. The van der Waals surface area contributed by atoms with Crippen LogP contribution in [-0.4, -0.2) is 5.91 Å². The summed E-state index contributed by atoms with van der Waals surface area (Å²) >= 11 is 3.59. The van der Waals surface area contributed by atoms with Crippen LogP contribution in [0.1, 0.15) is 27.8 Å². The van der Waals surface area contributed by atoms with Gasteiger partial charge in [-0.15, -0.1) is 0 Å². The molecule has 0 fully saturated rings. The number of anilines is 1. The lowest BCUT2D eigenvalue weighted by atomic mass is 9.99. The fraction of sp³-hybridized carbons (Fsp3) is 0.120. The highest BCUT2D eigenvalue weighted by molar-refractivity contribution is 9.10. The molecule has 0 aromatic heterocycles. The maximum absolute atomic E-state index is 13.7. The number of nitriles is 1. The van der Waals surface area contributed by atoms with Crippen molar-refractivity contribution in [3.05, 3.63) is 104 Å². The molecule has 0 atom stereocenters. The van der Waals surface area contributed by atoms with Gasteiger partial charge < -0.3 is 5.32 Å². The number of benzene rings is 3. The van der Waals surface area contributed by atoms with Crippen LogP contribution in [0.25, 0.3) is 6.08 Å². The van der Waals surface area contributed by atoms with Gasteiger partial charge in [0.1, 0.15) is 17.5 Å². The first kappa shape index (κ1) is 21.5. The number of halogens is 2. The van der Waals surface area contributed by atoms with Crippen LogP contribution in [0.5, 0.6) is 0 Å². The fourth-order valence-electron chi connectivity index (χ4n) is 3.26. The number of rotatable bonds is 5. The molecule has 0 radical (unpaired) electrons. The molecule has 0 heterocycles. The van der Waals surface area contributed by atoms with E-state index in [-0.39, 0.29) is 11.3 Å². The van der Waals surface area contributed by atoms with E-state index in [2.05, 4.69) is 53.3 Å². The molecule has 0 bridgehead atoms. The van der Waals surface area contributed by atoms with Crippen LogP contribution < -0.4 is 5.32 Å². The smallest absolute Gasteiger partial charge is 0.266 e. The number of nitrogens with zero attached hydrogens (tertiary/aromatic N) is 1. The summed E-state index contributed by atoms with van der Waals surface area (Å²) in [6, 6.07) is 19.9. The highest BCUT2D eigenvalue weighted by Gasteiger charge is 2.12. The van der Waals surface area contributed by atoms with Crippen LogP contribution in [0.4, 0.5) is 10.1 Å². The molecule has 0 saturated heterocycles. The Kier molecular flexibility index (Phi) is 6.81. The summed E-state index contributed by atoms with van der Waals surface area (Å²) in [6.45, 7) is 4.16. The maximum Gasteiger partial charge on any atom is 0.266 e. The lowest BCUT2D eigenvalue weighted by molar-refractivity contribution is -0.112. The molecular formula is C25H20BrFN2O. The highest BCUT2D eigenvalue weighted by atomic mass is 79.9. The third-order valence-electron chi connectivity index (χ3n) is 4.55. The first-order valence-corrected chi connectivity index (χ1v) is 10.2. The molecule has 1 amide bonds. The van der Waals surface area contributed by atoms with Crippen molar-refractivity contribution < 1.29 is 9.18 Å². The van der Waals surface area contributed by atoms with Gasteiger partial charge in [-0.25, -0.2) is 4.39 Å². The second-order valence-corrected chi connectivity index (χ2v) is 7.98. The van der Waals surface area contributed by atoms with Gasteiger partial charge in [0, 0.05) is 4.47 Å². The van der Waals surface area contributed by atoms with Gasteiger partial charge in [0.15, 0.2) is 0 Å². The minimum absolute atomic E-state index is 0.0358. The SMILES string of the molecule is Cc1cc(C)cc(Cc2ccc(/C=C(\C#N)C(=O)Nc3ccccc3F)cc2Br)c1. The molecule has 3 aromatic carbocycles. The average molecular weight is 463 g/mol. The molecule has 3 nitrogen and oxygen atoms in total. The largest absolute Gasteiger partial charge is 0.319 e. The van der Waals surface area contributed by atoms with Gasteiger partial charge in [-0.2, -0.15) is 5.26 Å². The van der Waals surface area contributed by atoms with Gasteiger partial charge in [-0.1, -0.05) is 69.5 Å². The molecule has 1 N–H and O–H groups in total. The Morgan fingerprint density at radius 1 is 1.10 bits per heavy atom. The van der Waals surface area contributed by atoms with Gasteiger partial charge in [0.25, 0.3) is 5.91 Å². The van der Waals surface area contributed by atoms with E-state index >= 15 is 0 Å². The minimum atomic E-state index is -0.655. The third-order valence-corrected chi connectivity index (χ3v) is 5.29. The van der Waals surface area contributed by atoms with Gasteiger partial charge in [-0.05, 0) is 61.2 Å². The molecule has 0 spiro atoms. The van der Waals surface area contributed by atoms with E-state index in [1.165, 1.54) is 41.0 Å². The Morgan fingerprint density at radius 2 is 1.80 bits per heavy atom. The zero-order valence-electron chi connectivity index (χ0n) is 16.7. The Bertz CT molecular complexity index is 1160. The van der Waals surface area contributed by atoms with Gasteiger partial charge in [0.05, 0.1) is 5.69 Å². The molecule has 5 heteroatoms. The van der Waals surface area contributed by atoms with E-state index in [0.717, 1.165) is 16.5 Å². The van der Waals surface area contributed by atoms with Crippen LogP contribution in [0.3, 0.4) is 0 Å². The zero-order chi connectivity index (χ0) is 21.7. The Balaban J connectivity index is 1.80. The van der Waals surface area contributed by atoms with Crippen molar-refractivity contribution in [3.8, 4) is 6.07 Å². The standard InChI is InChI=1S/C25H20BrFN2O/c1-16-9-17(2)11-19(10-16)13-20-8-7-18(14-22(20)26)12-21(15-28)25(30)29-24-6-4-3-5-23(24)27/h3-12,14H,13H2,1-2H3,(H,29,30)/b21-12+. The highest BCUT2D eigenvalue weighted by Crippen LogP contribution is 2.24. The topological polar surface area (TPSA) is 52.9 Å². The molecule has 0 aliphatic carbocycles. The van der Waals surface area contributed by atoms with Gasteiger partial charge >= 0.3 is 0 Å². The molecule has 3 aromatic rings. The summed E-state index contributed by atoms with van der Waals surface area (Å²) in [5.41, 5.74) is 5.40. The average Bonchev–Trinajstić information content (AvgIpc) is 2.69. The first-order valence-electron chi connectivity index (χ1n) is 9.39. The van der Waals surface area contributed by atoms with Crippen LogP contribution >= 0.6 is 15.9 Å². The van der Waals surface area contributed by atoms with Gasteiger partial charge in [-0.3, -0.25) is 4.79 Å². The summed E-state index contributed by atoms with van der Waals surface area (Å²) in [6.07, 6.45) is 2.26. The summed E-state index contributed by atoms with van der Waals surface area (Å²) in [5, 5.41) is 11.8. The lowest BCUT2D eigenvalue weighted by Gasteiger charge is -2.09. The van der Waals surface area contributed by atoms with Crippen molar-refractivity contribution in [2.75, 3.05) is 5.32 Å². The number of carbonyl (C=O) groups is 1. The second-order valence-electron chi connectivity index (χ2n) is 7.13. The molecule has 3 rings (SSSR count).